The number of hydrogen-bond acceptors (Lipinski definition) is 3. The van der Waals surface area contributed by atoms with E-state index >= 15 is 0 Å². The maximum atomic E-state index is 6.12. The average Bonchev–Trinajstić information content (AvgIpc) is 2.96. The molecule has 1 heterocycles. The van der Waals surface area contributed by atoms with E-state index in [1.807, 2.05) is 37.4 Å². The van der Waals surface area contributed by atoms with Gasteiger partial charge in [0.15, 0.2) is 0 Å². The number of nitrogens with two attached hydrogens (primary N) is 1. The third kappa shape index (κ3) is 3.61. The zero-order valence-electron chi connectivity index (χ0n) is 12.2. The van der Waals surface area contributed by atoms with E-state index in [1.54, 1.807) is 0 Å². The number of H-pyrrole nitrogens is 1. The zero-order valence-corrected chi connectivity index (χ0v) is 12.2. The molecule has 0 fully saturated rings. The van der Waals surface area contributed by atoms with Crippen molar-refractivity contribution in [3.05, 3.63) is 36.3 Å². The van der Waals surface area contributed by atoms with E-state index in [-0.39, 0.29) is 6.04 Å². The molecule has 0 aliphatic heterocycles. The normalized spacial score (nSPS) is 12.3. The fraction of sp³-hybridized carbons (Fsp3) is 0.438. The Bertz CT molecular complexity index is 519. The van der Waals surface area contributed by atoms with Gasteiger partial charge in [0.1, 0.15) is 11.6 Å². The molecule has 0 spiro atoms. The Labute approximate surface area is 120 Å². The van der Waals surface area contributed by atoms with E-state index in [9.17, 15) is 0 Å². The number of nitrogens with one attached hydrogen (secondary N) is 1. The number of imidazole rings is 1. The highest BCUT2D eigenvalue weighted by Crippen LogP contribution is 2.23. The molecule has 1 atom stereocenters. The molecule has 2 aromatic rings. The summed E-state index contributed by atoms with van der Waals surface area (Å²) in [5, 5.41) is 0. The molecule has 0 saturated carbocycles. The second-order valence-corrected chi connectivity index (χ2v) is 4.89. The fourth-order valence-electron chi connectivity index (χ4n) is 2.13. The Hall–Kier alpha value is -1.81. The standard InChI is InChI=1S/C16H23N3O/c1-3-5-6-14(17)16-18-11-15(19-16)12-7-9-13(10-8-12)20-4-2/h7-11,14H,3-6,17H2,1-2H3,(H,18,19). The third-order valence-electron chi connectivity index (χ3n) is 3.29. The summed E-state index contributed by atoms with van der Waals surface area (Å²) in [6.07, 6.45) is 5.09. The second-order valence-electron chi connectivity index (χ2n) is 4.89. The number of benzene rings is 1. The molecule has 0 aliphatic rings. The topological polar surface area (TPSA) is 63.9 Å². The van der Waals surface area contributed by atoms with E-state index in [2.05, 4.69) is 16.9 Å². The van der Waals surface area contributed by atoms with Crippen LogP contribution in [0.4, 0.5) is 0 Å². The van der Waals surface area contributed by atoms with Gasteiger partial charge in [-0.2, -0.15) is 0 Å². The molecule has 20 heavy (non-hydrogen) atoms. The summed E-state index contributed by atoms with van der Waals surface area (Å²) < 4.78 is 5.44. The molecule has 2 rings (SSSR count). The van der Waals surface area contributed by atoms with Gasteiger partial charge in [-0.15, -0.1) is 0 Å². The maximum absolute atomic E-state index is 6.12. The van der Waals surface area contributed by atoms with Crippen molar-refractivity contribution in [3.8, 4) is 17.0 Å². The number of rotatable bonds is 7. The maximum Gasteiger partial charge on any atom is 0.123 e. The molecule has 0 radical (unpaired) electrons. The molecule has 4 heteroatoms. The van der Waals surface area contributed by atoms with Crippen molar-refractivity contribution >= 4 is 0 Å². The van der Waals surface area contributed by atoms with Crippen molar-refractivity contribution in [2.75, 3.05) is 6.61 Å². The van der Waals surface area contributed by atoms with Crippen LogP contribution in [-0.2, 0) is 0 Å². The first-order chi connectivity index (χ1) is 9.74. The van der Waals surface area contributed by atoms with Gasteiger partial charge in [-0.1, -0.05) is 19.8 Å². The minimum Gasteiger partial charge on any atom is -0.494 e. The van der Waals surface area contributed by atoms with Gasteiger partial charge in [-0.05, 0) is 43.2 Å². The molecule has 0 bridgehead atoms. The Morgan fingerprint density at radius 1 is 1.25 bits per heavy atom. The first-order valence-electron chi connectivity index (χ1n) is 7.28. The number of ether oxygens (including phenoxy) is 1. The lowest BCUT2D eigenvalue weighted by Gasteiger charge is -2.07. The van der Waals surface area contributed by atoms with Crippen molar-refractivity contribution in [1.29, 1.82) is 0 Å². The van der Waals surface area contributed by atoms with E-state index in [0.717, 1.165) is 42.1 Å². The van der Waals surface area contributed by atoms with E-state index < -0.39 is 0 Å². The summed E-state index contributed by atoms with van der Waals surface area (Å²) in [5.41, 5.74) is 8.21. The van der Waals surface area contributed by atoms with Crippen LogP contribution >= 0.6 is 0 Å². The van der Waals surface area contributed by atoms with Crippen LogP contribution in [0.1, 0.15) is 45.0 Å². The molecule has 1 aromatic carbocycles. The monoisotopic (exact) mass is 273 g/mol. The molecule has 4 nitrogen and oxygen atoms in total. The van der Waals surface area contributed by atoms with Crippen molar-refractivity contribution in [3.63, 3.8) is 0 Å². The lowest BCUT2D eigenvalue weighted by atomic mass is 10.1. The highest BCUT2D eigenvalue weighted by molar-refractivity contribution is 5.59. The SMILES string of the molecule is CCCCC(N)c1ncc(-c2ccc(OCC)cc2)[nH]1. The van der Waals surface area contributed by atoms with Gasteiger partial charge in [-0.3, -0.25) is 0 Å². The second kappa shape index (κ2) is 7.10. The number of aromatic nitrogens is 2. The average molecular weight is 273 g/mol. The van der Waals surface area contributed by atoms with E-state index in [1.165, 1.54) is 0 Å². The van der Waals surface area contributed by atoms with Gasteiger partial charge in [0.05, 0.1) is 24.5 Å². The molecule has 1 aromatic heterocycles. The first kappa shape index (κ1) is 14.6. The first-order valence-corrected chi connectivity index (χ1v) is 7.28. The number of unbranched alkanes of at least 4 members (excludes halogenated alkanes) is 1. The van der Waals surface area contributed by atoms with Crippen molar-refractivity contribution in [1.82, 2.24) is 9.97 Å². The van der Waals surface area contributed by atoms with Gasteiger partial charge in [0.25, 0.3) is 0 Å². The van der Waals surface area contributed by atoms with Crippen molar-refractivity contribution < 1.29 is 4.74 Å². The fourth-order valence-corrected chi connectivity index (χ4v) is 2.13. The van der Waals surface area contributed by atoms with Crippen LogP contribution in [0, 0.1) is 0 Å². The number of aromatic amines is 1. The Morgan fingerprint density at radius 2 is 2.00 bits per heavy atom. The van der Waals surface area contributed by atoms with Gasteiger partial charge < -0.3 is 15.5 Å². The van der Waals surface area contributed by atoms with E-state index in [0.29, 0.717) is 6.61 Å². The Balaban J connectivity index is 2.07. The molecule has 108 valence electrons. The minimum atomic E-state index is -0.00796. The highest BCUT2D eigenvalue weighted by atomic mass is 16.5. The smallest absolute Gasteiger partial charge is 0.123 e. The van der Waals surface area contributed by atoms with Crippen molar-refractivity contribution in [2.24, 2.45) is 5.73 Å². The lowest BCUT2D eigenvalue weighted by Crippen LogP contribution is -2.11. The van der Waals surface area contributed by atoms with Gasteiger partial charge in [0, 0.05) is 0 Å². The van der Waals surface area contributed by atoms with E-state index in [4.69, 9.17) is 10.5 Å². The molecule has 1 unspecified atom stereocenters. The third-order valence-corrected chi connectivity index (χ3v) is 3.29. The van der Waals surface area contributed by atoms with Crippen LogP contribution in [0.3, 0.4) is 0 Å². The zero-order chi connectivity index (χ0) is 14.4. The predicted molar refractivity (Wildman–Crippen MR) is 81.6 cm³/mol. The summed E-state index contributed by atoms with van der Waals surface area (Å²) in [7, 11) is 0. The molecule has 0 amide bonds. The largest absolute Gasteiger partial charge is 0.494 e. The lowest BCUT2D eigenvalue weighted by molar-refractivity contribution is 0.340. The number of nitrogens with zero attached hydrogens (tertiary/aromatic N) is 1. The van der Waals surface area contributed by atoms with Crippen LogP contribution in [0.15, 0.2) is 30.5 Å². The summed E-state index contributed by atoms with van der Waals surface area (Å²) in [5.74, 6) is 1.75. The molecule has 3 N–H and O–H groups in total. The van der Waals surface area contributed by atoms with Crippen LogP contribution in [0.5, 0.6) is 5.75 Å². The van der Waals surface area contributed by atoms with Crippen LogP contribution in [0.25, 0.3) is 11.3 Å². The minimum absolute atomic E-state index is 0.00796. The summed E-state index contributed by atoms with van der Waals surface area (Å²) in [6, 6.07) is 7.98. The molecule has 0 saturated heterocycles. The van der Waals surface area contributed by atoms with Crippen LogP contribution in [-0.4, -0.2) is 16.6 Å². The predicted octanol–water partition coefficient (Wildman–Crippen LogP) is 3.67. The summed E-state index contributed by atoms with van der Waals surface area (Å²) in [6.45, 7) is 4.83. The molecular formula is C16H23N3O. The summed E-state index contributed by atoms with van der Waals surface area (Å²) in [4.78, 5) is 7.71. The van der Waals surface area contributed by atoms with Crippen molar-refractivity contribution in [2.45, 2.75) is 39.2 Å². The molecular weight excluding hydrogens is 250 g/mol. The summed E-state index contributed by atoms with van der Waals surface area (Å²) >= 11 is 0. The van der Waals surface area contributed by atoms with Crippen LogP contribution < -0.4 is 10.5 Å². The highest BCUT2D eigenvalue weighted by Gasteiger charge is 2.10. The Kier molecular flexibility index (Phi) is 5.18. The van der Waals surface area contributed by atoms with Gasteiger partial charge in [0.2, 0.25) is 0 Å². The number of hydrogen-bond donors (Lipinski definition) is 2. The Morgan fingerprint density at radius 3 is 2.65 bits per heavy atom. The van der Waals surface area contributed by atoms with Crippen LogP contribution in [0.2, 0.25) is 0 Å². The molecule has 0 aliphatic carbocycles. The quantitative estimate of drug-likeness (QED) is 0.809. The van der Waals surface area contributed by atoms with Gasteiger partial charge in [-0.25, -0.2) is 4.98 Å². The van der Waals surface area contributed by atoms with Gasteiger partial charge >= 0.3 is 0 Å².